The molecule has 7 nitrogen and oxygen atoms in total. The molecule has 0 spiro atoms. The number of hydrogen-bond donors (Lipinski definition) is 3. The lowest BCUT2D eigenvalue weighted by molar-refractivity contribution is -0.137. The number of carboxylic acid groups (broad SMARTS) is 1. The Morgan fingerprint density at radius 2 is 1.59 bits per heavy atom. The molecule has 1 aliphatic rings. The molecule has 0 saturated carbocycles. The molecule has 0 radical (unpaired) electrons. The van der Waals surface area contributed by atoms with Crippen LogP contribution < -0.4 is 10.6 Å². The van der Waals surface area contributed by atoms with Crippen LogP contribution in [0.5, 0.6) is 0 Å². The summed E-state index contributed by atoms with van der Waals surface area (Å²) in [7, 11) is 0. The molecule has 2 aromatic carbocycles. The van der Waals surface area contributed by atoms with E-state index in [0.717, 1.165) is 22.3 Å². The van der Waals surface area contributed by atoms with Crippen molar-refractivity contribution in [2.75, 3.05) is 19.7 Å². The van der Waals surface area contributed by atoms with Crippen LogP contribution in [-0.2, 0) is 14.3 Å². The third-order valence-electron chi connectivity index (χ3n) is 6.15. The molecule has 0 aliphatic heterocycles. The molecule has 0 bridgehead atoms. The average Bonchev–Trinajstić information content (AvgIpc) is 3.12. The predicted molar refractivity (Wildman–Crippen MR) is 121 cm³/mol. The van der Waals surface area contributed by atoms with Crippen LogP contribution in [-0.4, -0.2) is 42.8 Å². The number of aliphatic carboxylic acids is 1. The number of carboxylic acids is 1. The van der Waals surface area contributed by atoms with E-state index in [1.165, 1.54) is 0 Å². The van der Waals surface area contributed by atoms with Gasteiger partial charge in [-0.3, -0.25) is 9.59 Å². The highest BCUT2D eigenvalue weighted by Crippen LogP contribution is 2.44. The maximum absolute atomic E-state index is 12.5. The van der Waals surface area contributed by atoms with Gasteiger partial charge in [0.1, 0.15) is 6.61 Å². The molecule has 1 unspecified atom stereocenters. The van der Waals surface area contributed by atoms with Crippen molar-refractivity contribution in [3.05, 3.63) is 59.7 Å². The van der Waals surface area contributed by atoms with Gasteiger partial charge in [0, 0.05) is 25.4 Å². The third-order valence-corrected chi connectivity index (χ3v) is 6.15. The summed E-state index contributed by atoms with van der Waals surface area (Å²) in [5.74, 6) is -1.14. The number of rotatable bonds is 10. The van der Waals surface area contributed by atoms with Crippen molar-refractivity contribution in [1.82, 2.24) is 10.6 Å². The zero-order chi connectivity index (χ0) is 23.1. The number of amides is 2. The Labute approximate surface area is 188 Å². The minimum atomic E-state index is -0.894. The molecule has 1 atom stereocenters. The molecule has 7 heteroatoms. The second kappa shape index (κ2) is 10.3. The summed E-state index contributed by atoms with van der Waals surface area (Å²) in [5, 5.41) is 14.2. The molecule has 32 heavy (non-hydrogen) atoms. The molecule has 0 aromatic heterocycles. The molecule has 2 aromatic rings. The van der Waals surface area contributed by atoms with Crippen LogP contribution >= 0.6 is 0 Å². The van der Waals surface area contributed by atoms with E-state index in [4.69, 9.17) is 9.84 Å². The Kier molecular flexibility index (Phi) is 7.51. The van der Waals surface area contributed by atoms with Crippen molar-refractivity contribution >= 4 is 18.0 Å². The average molecular weight is 439 g/mol. The highest BCUT2D eigenvalue weighted by Gasteiger charge is 2.32. The normalized spacial score (nSPS) is 14.1. The van der Waals surface area contributed by atoms with Crippen molar-refractivity contribution in [1.29, 1.82) is 0 Å². The molecular formula is C25H30N2O5. The van der Waals surface area contributed by atoms with E-state index in [1.54, 1.807) is 6.92 Å². The van der Waals surface area contributed by atoms with Gasteiger partial charge in [0.25, 0.3) is 0 Å². The largest absolute Gasteiger partial charge is 0.481 e. The molecule has 3 rings (SSSR count). The van der Waals surface area contributed by atoms with Gasteiger partial charge in [0.15, 0.2) is 0 Å². The first-order valence-electron chi connectivity index (χ1n) is 10.9. The van der Waals surface area contributed by atoms with E-state index in [1.807, 2.05) is 31.2 Å². The SMILES string of the molecule is CCC(C)(CNC(=O)OCC1c2ccccc2-c2ccccc21)C(=O)NCCCC(=O)O. The number of fused-ring (bicyclic) bond motifs is 3. The molecule has 1 aliphatic carbocycles. The summed E-state index contributed by atoms with van der Waals surface area (Å²) in [4.78, 5) is 35.6. The maximum atomic E-state index is 12.5. The lowest BCUT2D eigenvalue weighted by Crippen LogP contribution is -2.46. The number of carbonyl (C=O) groups is 3. The topological polar surface area (TPSA) is 105 Å². The zero-order valence-corrected chi connectivity index (χ0v) is 18.5. The summed E-state index contributed by atoms with van der Waals surface area (Å²) < 4.78 is 5.54. The first-order chi connectivity index (χ1) is 15.4. The van der Waals surface area contributed by atoms with Gasteiger partial charge in [0.2, 0.25) is 5.91 Å². The van der Waals surface area contributed by atoms with Crippen molar-refractivity contribution in [3.8, 4) is 11.1 Å². The smallest absolute Gasteiger partial charge is 0.407 e. The van der Waals surface area contributed by atoms with E-state index >= 15 is 0 Å². The molecule has 0 saturated heterocycles. The first-order valence-corrected chi connectivity index (χ1v) is 10.9. The van der Waals surface area contributed by atoms with Gasteiger partial charge in [-0.15, -0.1) is 0 Å². The third kappa shape index (κ3) is 5.28. The van der Waals surface area contributed by atoms with Crippen LogP contribution in [0.3, 0.4) is 0 Å². The van der Waals surface area contributed by atoms with E-state index in [-0.39, 0.29) is 37.9 Å². The van der Waals surface area contributed by atoms with Crippen LogP contribution in [0.4, 0.5) is 4.79 Å². The summed E-state index contributed by atoms with van der Waals surface area (Å²) in [5.41, 5.74) is 3.79. The van der Waals surface area contributed by atoms with Gasteiger partial charge in [-0.1, -0.05) is 55.5 Å². The Balaban J connectivity index is 1.53. The maximum Gasteiger partial charge on any atom is 0.407 e. The lowest BCUT2D eigenvalue weighted by Gasteiger charge is -2.27. The van der Waals surface area contributed by atoms with Gasteiger partial charge in [-0.2, -0.15) is 0 Å². The van der Waals surface area contributed by atoms with E-state index in [9.17, 15) is 14.4 Å². The van der Waals surface area contributed by atoms with Crippen LogP contribution in [0.2, 0.25) is 0 Å². The van der Waals surface area contributed by atoms with Crippen molar-refractivity contribution in [2.24, 2.45) is 5.41 Å². The Morgan fingerprint density at radius 1 is 1.00 bits per heavy atom. The summed E-state index contributed by atoms with van der Waals surface area (Å²) in [6, 6.07) is 16.3. The molecule has 170 valence electrons. The van der Waals surface area contributed by atoms with Gasteiger partial charge in [-0.05, 0) is 42.0 Å². The second-order valence-electron chi connectivity index (χ2n) is 8.35. The summed E-state index contributed by atoms with van der Waals surface area (Å²) in [6.07, 6.45) is 0.314. The Morgan fingerprint density at radius 3 is 2.16 bits per heavy atom. The molecular weight excluding hydrogens is 408 g/mol. The van der Waals surface area contributed by atoms with Gasteiger partial charge < -0.3 is 20.5 Å². The molecule has 2 amide bonds. The molecule has 3 N–H and O–H groups in total. The summed E-state index contributed by atoms with van der Waals surface area (Å²) >= 11 is 0. The van der Waals surface area contributed by atoms with Crippen LogP contribution in [0.15, 0.2) is 48.5 Å². The fraction of sp³-hybridized carbons (Fsp3) is 0.400. The quantitative estimate of drug-likeness (QED) is 0.488. The number of nitrogens with one attached hydrogen (secondary N) is 2. The number of ether oxygens (including phenoxy) is 1. The van der Waals surface area contributed by atoms with E-state index in [2.05, 4.69) is 34.9 Å². The number of carbonyl (C=O) groups excluding carboxylic acids is 2. The van der Waals surface area contributed by atoms with Gasteiger partial charge in [0.05, 0.1) is 5.41 Å². The monoisotopic (exact) mass is 438 g/mol. The highest BCUT2D eigenvalue weighted by atomic mass is 16.5. The fourth-order valence-corrected chi connectivity index (χ4v) is 3.94. The van der Waals surface area contributed by atoms with Crippen LogP contribution in [0.1, 0.15) is 50.2 Å². The summed E-state index contributed by atoms with van der Waals surface area (Å²) in [6.45, 7) is 4.26. The van der Waals surface area contributed by atoms with E-state index < -0.39 is 17.5 Å². The fourth-order valence-electron chi connectivity index (χ4n) is 3.94. The van der Waals surface area contributed by atoms with Crippen molar-refractivity contribution in [2.45, 2.75) is 39.0 Å². The van der Waals surface area contributed by atoms with E-state index in [0.29, 0.717) is 12.8 Å². The Hall–Kier alpha value is -3.35. The minimum Gasteiger partial charge on any atom is -0.481 e. The zero-order valence-electron chi connectivity index (χ0n) is 18.5. The van der Waals surface area contributed by atoms with Crippen molar-refractivity contribution < 1.29 is 24.2 Å². The standard InChI is InChI=1S/C25H30N2O5/c1-3-25(2,23(30)26-14-8-13-22(28)29)16-27-24(31)32-15-21-19-11-6-4-9-17(19)18-10-5-7-12-20(18)21/h4-7,9-12,21H,3,8,13-16H2,1-2H3,(H,26,30)(H,27,31)(H,28,29). The van der Waals surface area contributed by atoms with Crippen LogP contribution in [0.25, 0.3) is 11.1 Å². The minimum absolute atomic E-state index is 0.00111. The molecule has 0 heterocycles. The number of benzene rings is 2. The Bertz CT molecular complexity index is 944. The van der Waals surface area contributed by atoms with Crippen molar-refractivity contribution in [3.63, 3.8) is 0 Å². The van der Waals surface area contributed by atoms with Gasteiger partial charge in [-0.25, -0.2) is 4.79 Å². The highest BCUT2D eigenvalue weighted by molar-refractivity contribution is 5.83. The van der Waals surface area contributed by atoms with Crippen LogP contribution in [0, 0.1) is 5.41 Å². The second-order valence-corrected chi connectivity index (χ2v) is 8.35. The lowest BCUT2D eigenvalue weighted by atomic mass is 9.86. The number of hydrogen-bond acceptors (Lipinski definition) is 4. The number of alkyl carbamates (subject to hydrolysis) is 1. The van der Waals surface area contributed by atoms with Gasteiger partial charge >= 0.3 is 12.1 Å². The molecule has 0 fully saturated rings. The first kappa shape index (κ1) is 23.3. The predicted octanol–water partition coefficient (Wildman–Crippen LogP) is 3.92.